The van der Waals surface area contributed by atoms with Gasteiger partial charge in [0.2, 0.25) is 0 Å². The number of hydrogen-bond acceptors (Lipinski definition) is 3. The van der Waals surface area contributed by atoms with Crippen LogP contribution >= 0.6 is 0 Å². The van der Waals surface area contributed by atoms with Crippen LogP contribution in [0.25, 0.3) is 0 Å². The second-order valence-electron chi connectivity index (χ2n) is 4.00. The van der Waals surface area contributed by atoms with Crippen LogP contribution in [-0.4, -0.2) is 22.1 Å². The van der Waals surface area contributed by atoms with E-state index < -0.39 is 12.0 Å². The molecule has 6 heteroatoms. The number of nitrogens with one attached hydrogen (secondary N) is 2. The summed E-state index contributed by atoms with van der Waals surface area (Å²) in [6.07, 6.45) is 1.36. The molecule has 1 aromatic carbocycles. The van der Waals surface area contributed by atoms with Crippen molar-refractivity contribution >= 4 is 17.7 Å². The molecule has 0 atom stereocenters. The molecule has 0 fully saturated rings. The van der Waals surface area contributed by atoms with Gasteiger partial charge in [-0.25, -0.2) is 14.6 Å². The van der Waals surface area contributed by atoms with Gasteiger partial charge in [-0.3, -0.25) is 0 Å². The fourth-order valence-electron chi connectivity index (χ4n) is 1.62. The fraction of sp³-hybridized carbons (Fsp3) is 0.0714. The van der Waals surface area contributed by atoms with Crippen LogP contribution in [0.1, 0.15) is 16.1 Å². The summed E-state index contributed by atoms with van der Waals surface area (Å²) in [5.41, 5.74) is 0.917. The Hall–Kier alpha value is -2.89. The SMILES string of the molecule is O=C(NCc1ccccc1)Nc1cccnc1C(=O)O. The van der Waals surface area contributed by atoms with Gasteiger partial charge < -0.3 is 15.7 Å². The number of carboxylic acid groups (broad SMARTS) is 1. The largest absolute Gasteiger partial charge is 0.476 e. The zero-order valence-electron chi connectivity index (χ0n) is 10.5. The highest BCUT2D eigenvalue weighted by Gasteiger charge is 2.12. The van der Waals surface area contributed by atoms with E-state index in [0.717, 1.165) is 5.56 Å². The monoisotopic (exact) mass is 271 g/mol. The van der Waals surface area contributed by atoms with E-state index in [9.17, 15) is 9.59 Å². The van der Waals surface area contributed by atoms with E-state index in [1.807, 2.05) is 30.3 Å². The quantitative estimate of drug-likeness (QED) is 0.794. The summed E-state index contributed by atoms with van der Waals surface area (Å²) in [7, 11) is 0. The fourth-order valence-corrected chi connectivity index (χ4v) is 1.62. The van der Waals surface area contributed by atoms with Crippen LogP contribution in [-0.2, 0) is 6.54 Å². The number of hydrogen-bond donors (Lipinski definition) is 3. The van der Waals surface area contributed by atoms with Crippen LogP contribution < -0.4 is 10.6 Å². The molecular formula is C14H13N3O3. The smallest absolute Gasteiger partial charge is 0.356 e. The summed E-state index contributed by atoms with van der Waals surface area (Å²) in [6.45, 7) is 0.356. The van der Waals surface area contributed by atoms with Crippen molar-refractivity contribution in [1.82, 2.24) is 10.3 Å². The molecule has 0 aliphatic rings. The number of nitrogens with zero attached hydrogens (tertiary/aromatic N) is 1. The second-order valence-corrected chi connectivity index (χ2v) is 4.00. The molecule has 1 heterocycles. The summed E-state index contributed by atoms with van der Waals surface area (Å²) in [5, 5.41) is 14.1. The van der Waals surface area contributed by atoms with Crippen molar-refractivity contribution < 1.29 is 14.7 Å². The van der Waals surface area contributed by atoms with Gasteiger partial charge in [0, 0.05) is 12.7 Å². The van der Waals surface area contributed by atoms with Gasteiger partial charge in [-0.05, 0) is 17.7 Å². The van der Waals surface area contributed by atoms with Crippen LogP contribution in [0, 0.1) is 0 Å². The number of amides is 2. The first-order valence-electron chi connectivity index (χ1n) is 5.94. The Bertz CT molecular complexity index is 614. The Balaban J connectivity index is 1.97. The molecule has 0 spiro atoms. The van der Waals surface area contributed by atoms with E-state index in [-0.39, 0.29) is 11.4 Å². The number of aromatic carboxylic acids is 1. The lowest BCUT2D eigenvalue weighted by Gasteiger charge is -2.09. The molecule has 0 aliphatic heterocycles. The van der Waals surface area contributed by atoms with Crippen molar-refractivity contribution in [2.24, 2.45) is 0 Å². The van der Waals surface area contributed by atoms with Crippen molar-refractivity contribution in [3.05, 3.63) is 59.9 Å². The summed E-state index contributed by atoms with van der Waals surface area (Å²) in [6, 6.07) is 12.0. The maximum atomic E-state index is 11.7. The van der Waals surface area contributed by atoms with Crippen LogP contribution in [0.4, 0.5) is 10.5 Å². The average Bonchev–Trinajstić information content (AvgIpc) is 2.46. The summed E-state index contributed by atoms with van der Waals surface area (Å²) in [4.78, 5) is 26.4. The zero-order chi connectivity index (χ0) is 14.4. The maximum Gasteiger partial charge on any atom is 0.356 e. The predicted octanol–water partition coefficient (Wildman–Crippen LogP) is 2.10. The van der Waals surface area contributed by atoms with E-state index in [1.165, 1.54) is 12.3 Å². The van der Waals surface area contributed by atoms with Gasteiger partial charge in [-0.1, -0.05) is 30.3 Å². The third kappa shape index (κ3) is 3.55. The van der Waals surface area contributed by atoms with Crippen LogP contribution in [0.15, 0.2) is 48.7 Å². The number of carbonyl (C=O) groups excluding carboxylic acids is 1. The summed E-state index contributed by atoms with van der Waals surface area (Å²) < 4.78 is 0. The molecule has 6 nitrogen and oxygen atoms in total. The third-order valence-corrected chi connectivity index (χ3v) is 2.55. The highest BCUT2D eigenvalue weighted by molar-refractivity contribution is 5.98. The van der Waals surface area contributed by atoms with Crippen LogP contribution in [0.5, 0.6) is 0 Å². The normalized spacial score (nSPS) is 9.80. The number of rotatable bonds is 4. The first-order valence-corrected chi connectivity index (χ1v) is 5.94. The Morgan fingerprint density at radius 1 is 1.10 bits per heavy atom. The van der Waals surface area contributed by atoms with Crippen LogP contribution in [0.3, 0.4) is 0 Å². The molecule has 0 radical (unpaired) electrons. The molecule has 3 N–H and O–H groups in total. The zero-order valence-corrected chi connectivity index (χ0v) is 10.5. The number of urea groups is 1. The summed E-state index contributed by atoms with van der Waals surface area (Å²) >= 11 is 0. The van der Waals surface area contributed by atoms with E-state index in [2.05, 4.69) is 15.6 Å². The second kappa shape index (κ2) is 6.33. The van der Waals surface area contributed by atoms with E-state index in [1.54, 1.807) is 6.07 Å². The topological polar surface area (TPSA) is 91.3 Å². The Morgan fingerprint density at radius 3 is 2.55 bits per heavy atom. The lowest BCUT2D eigenvalue weighted by atomic mass is 10.2. The van der Waals surface area contributed by atoms with Crippen molar-refractivity contribution in [2.45, 2.75) is 6.54 Å². The molecule has 0 unspecified atom stereocenters. The van der Waals surface area contributed by atoms with Gasteiger partial charge in [-0.2, -0.15) is 0 Å². The minimum Gasteiger partial charge on any atom is -0.476 e. The number of carbonyl (C=O) groups is 2. The molecule has 0 saturated carbocycles. The Kier molecular flexibility index (Phi) is 4.28. The minimum atomic E-state index is -1.19. The van der Waals surface area contributed by atoms with Crippen molar-refractivity contribution in [2.75, 3.05) is 5.32 Å². The van der Waals surface area contributed by atoms with Crippen molar-refractivity contribution in [3.8, 4) is 0 Å². The van der Waals surface area contributed by atoms with Gasteiger partial charge in [0.1, 0.15) is 0 Å². The molecule has 2 amide bonds. The first kappa shape index (κ1) is 13.5. The number of pyridine rings is 1. The molecule has 1 aromatic heterocycles. The van der Waals surface area contributed by atoms with E-state index >= 15 is 0 Å². The average molecular weight is 271 g/mol. The molecule has 0 saturated heterocycles. The van der Waals surface area contributed by atoms with Gasteiger partial charge in [0.15, 0.2) is 5.69 Å². The number of aromatic nitrogens is 1. The predicted molar refractivity (Wildman–Crippen MR) is 73.5 cm³/mol. The van der Waals surface area contributed by atoms with E-state index in [4.69, 9.17) is 5.11 Å². The first-order chi connectivity index (χ1) is 9.66. The lowest BCUT2D eigenvalue weighted by Crippen LogP contribution is -2.29. The number of benzene rings is 1. The van der Waals surface area contributed by atoms with Crippen molar-refractivity contribution in [3.63, 3.8) is 0 Å². The summed E-state index contributed by atoms with van der Waals surface area (Å²) in [5.74, 6) is -1.19. The molecule has 102 valence electrons. The Labute approximate surface area is 115 Å². The van der Waals surface area contributed by atoms with Gasteiger partial charge >= 0.3 is 12.0 Å². The highest BCUT2D eigenvalue weighted by Crippen LogP contribution is 2.11. The van der Waals surface area contributed by atoms with Gasteiger partial charge in [0.25, 0.3) is 0 Å². The van der Waals surface area contributed by atoms with Gasteiger partial charge in [0.05, 0.1) is 5.69 Å². The van der Waals surface area contributed by atoms with Gasteiger partial charge in [-0.15, -0.1) is 0 Å². The third-order valence-electron chi connectivity index (χ3n) is 2.55. The molecule has 0 bridgehead atoms. The molecule has 2 aromatic rings. The minimum absolute atomic E-state index is 0.158. The number of anilines is 1. The Morgan fingerprint density at radius 2 is 1.85 bits per heavy atom. The lowest BCUT2D eigenvalue weighted by molar-refractivity contribution is 0.0692. The molecule has 20 heavy (non-hydrogen) atoms. The van der Waals surface area contributed by atoms with Crippen molar-refractivity contribution in [1.29, 1.82) is 0 Å². The standard InChI is InChI=1S/C14H13N3O3/c18-13(19)12-11(7-4-8-15-12)17-14(20)16-9-10-5-2-1-3-6-10/h1-8H,9H2,(H,18,19)(H2,16,17,20). The maximum absolute atomic E-state index is 11.7. The molecular weight excluding hydrogens is 258 g/mol. The van der Waals surface area contributed by atoms with E-state index in [0.29, 0.717) is 6.54 Å². The number of carboxylic acids is 1. The molecule has 0 aliphatic carbocycles. The highest BCUT2D eigenvalue weighted by atomic mass is 16.4. The molecule has 2 rings (SSSR count). The van der Waals surface area contributed by atoms with Crippen LogP contribution in [0.2, 0.25) is 0 Å².